The number of aromatic amines is 1. The van der Waals surface area contributed by atoms with Gasteiger partial charge in [-0.15, -0.1) is 11.3 Å². The van der Waals surface area contributed by atoms with E-state index in [9.17, 15) is 14.4 Å². The molecule has 24 heavy (non-hydrogen) atoms. The van der Waals surface area contributed by atoms with E-state index in [4.69, 9.17) is 0 Å². The third-order valence-electron chi connectivity index (χ3n) is 3.48. The standard InChI is InChI=1S/C17H15N3O3S/c21-14-8-9-20(17(23)19-14)11-15(22)18-16(13-7-4-10-24-13)12-5-2-1-3-6-12/h1-10,16H,11H2,(H,18,22)(H,19,21,23). The monoisotopic (exact) mass is 341 g/mol. The van der Waals surface area contributed by atoms with E-state index in [0.717, 1.165) is 15.0 Å². The van der Waals surface area contributed by atoms with Gasteiger partial charge in [0, 0.05) is 17.1 Å². The second kappa shape index (κ2) is 7.10. The molecule has 6 nitrogen and oxygen atoms in total. The lowest BCUT2D eigenvalue weighted by Gasteiger charge is -2.18. The lowest BCUT2D eigenvalue weighted by molar-refractivity contribution is -0.122. The van der Waals surface area contributed by atoms with Crippen molar-refractivity contribution in [3.63, 3.8) is 0 Å². The van der Waals surface area contributed by atoms with Crippen molar-refractivity contribution >= 4 is 17.2 Å². The van der Waals surface area contributed by atoms with Gasteiger partial charge in [0.05, 0.1) is 6.04 Å². The van der Waals surface area contributed by atoms with Crippen molar-refractivity contribution in [2.24, 2.45) is 0 Å². The topological polar surface area (TPSA) is 84.0 Å². The van der Waals surface area contributed by atoms with Crippen molar-refractivity contribution in [3.05, 3.63) is 91.4 Å². The third-order valence-corrected chi connectivity index (χ3v) is 4.41. The van der Waals surface area contributed by atoms with Gasteiger partial charge in [-0.3, -0.25) is 19.1 Å². The third kappa shape index (κ3) is 3.69. The fraction of sp³-hybridized carbons (Fsp3) is 0.118. The summed E-state index contributed by atoms with van der Waals surface area (Å²) < 4.78 is 1.16. The lowest BCUT2D eigenvalue weighted by atomic mass is 10.1. The Morgan fingerprint density at radius 2 is 1.92 bits per heavy atom. The molecule has 1 unspecified atom stereocenters. The maximum Gasteiger partial charge on any atom is 0.328 e. The van der Waals surface area contributed by atoms with Crippen LogP contribution in [0.1, 0.15) is 16.5 Å². The molecule has 2 N–H and O–H groups in total. The molecule has 3 rings (SSSR count). The average Bonchev–Trinajstić information content (AvgIpc) is 3.10. The first-order valence-electron chi connectivity index (χ1n) is 7.31. The number of thiophene rings is 1. The molecule has 2 aromatic heterocycles. The number of aromatic nitrogens is 2. The first-order chi connectivity index (χ1) is 11.6. The molecular weight excluding hydrogens is 326 g/mol. The van der Waals surface area contributed by atoms with Crippen LogP contribution in [0.2, 0.25) is 0 Å². The Kier molecular flexibility index (Phi) is 4.72. The zero-order valence-corrected chi connectivity index (χ0v) is 13.5. The van der Waals surface area contributed by atoms with E-state index in [2.05, 4.69) is 10.3 Å². The van der Waals surface area contributed by atoms with Crippen LogP contribution in [0.4, 0.5) is 0 Å². The molecule has 0 aliphatic rings. The highest BCUT2D eigenvalue weighted by atomic mass is 32.1. The Morgan fingerprint density at radius 1 is 1.12 bits per heavy atom. The molecule has 7 heteroatoms. The van der Waals surface area contributed by atoms with Crippen molar-refractivity contribution in [1.82, 2.24) is 14.9 Å². The number of H-pyrrole nitrogens is 1. The fourth-order valence-electron chi connectivity index (χ4n) is 2.35. The van der Waals surface area contributed by atoms with Gasteiger partial charge in [-0.1, -0.05) is 36.4 Å². The second-order valence-corrected chi connectivity index (χ2v) is 6.14. The van der Waals surface area contributed by atoms with Crippen LogP contribution in [0.15, 0.2) is 69.7 Å². The van der Waals surface area contributed by atoms with Crippen LogP contribution >= 0.6 is 11.3 Å². The van der Waals surface area contributed by atoms with E-state index in [1.807, 2.05) is 47.8 Å². The predicted octanol–water partition coefficient (Wildman–Crippen LogP) is 1.50. The molecule has 2 heterocycles. The van der Waals surface area contributed by atoms with Gasteiger partial charge in [0.15, 0.2) is 0 Å². The van der Waals surface area contributed by atoms with Crippen molar-refractivity contribution in [2.75, 3.05) is 0 Å². The van der Waals surface area contributed by atoms with Crippen molar-refractivity contribution < 1.29 is 4.79 Å². The Morgan fingerprint density at radius 3 is 2.58 bits per heavy atom. The highest BCUT2D eigenvalue weighted by Crippen LogP contribution is 2.25. The molecule has 1 atom stereocenters. The van der Waals surface area contributed by atoms with E-state index in [0.29, 0.717) is 0 Å². The maximum absolute atomic E-state index is 12.4. The van der Waals surface area contributed by atoms with Gasteiger partial charge in [-0.2, -0.15) is 0 Å². The number of hydrogen-bond acceptors (Lipinski definition) is 4. The summed E-state index contributed by atoms with van der Waals surface area (Å²) in [5.74, 6) is -0.314. The van der Waals surface area contributed by atoms with Gasteiger partial charge >= 0.3 is 5.69 Å². The van der Waals surface area contributed by atoms with E-state index < -0.39 is 11.2 Å². The van der Waals surface area contributed by atoms with Crippen LogP contribution < -0.4 is 16.6 Å². The molecule has 0 spiro atoms. The summed E-state index contributed by atoms with van der Waals surface area (Å²) in [6.45, 7) is -0.162. The summed E-state index contributed by atoms with van der Waals surface area (Å²) >= 11 is 1.55. The van der Waals surface area contributed by atoms with Gasteiger partial charge in [-0.05, 0) is 17.0 Å². The number of hydrogen-bond donors (Lipinski definition) is 2. The number of amides is 1. The second-order valence-electron chi connectivity index (χ2n) is 5.16. The summed E-state index contributed by atoms with van der Waals surface area (Å²) in [7, 11) is 0. The fourth-order valence-corrected chi connectivity index (χ4v) is 3.15. The van der Waals surface area contributed by atoms with Gasteiger partial charge < -0.3 is 5.32 Å². The molecule has 0 saturated carbocycles. The summed E-state index contributed by atoms with van der Waals surface area (Å²) in [4.78, 5) is 38.3. The van der Waals surface area contributed by atoms with Crippen molar-refractivity contribution in [1.29, 1.82) is 0 Å². The highest BCUT2D eigenvalue weighted by molar-refractivity contribution is 7.10. The number of rotatable bonds is 5. The van der Waals surface area contributed by atoms with Gasteiger partial charge in [-0.25, -0.2) is 4.79 Å². The Labute approximate surface area is 141 Å². The minimum atomic E-state index is -0.606. The minimum Gasteiger partial charge on any atom is -0.343 e. The zero-order chi connectivity index (χ0) is 16.9. The first-order valence-corrected chi connectivity index (χ1v) is 8.19. The number of carbonyl (C=O) groups excluding carboxylic acids is 1. The number of nitrogens with one attached hydrogen (secondary N) is 2. The Hall–Kier alpha value is -2.93. The van der Waals surface area contributed by atoms with Crippen LogP contribution in [0.3, 0.4) is 0 Å². The van der Waals surface area contributed by atoms with Crippen LogP contribution in [0.5, 0.6) is 0 Å². The molecule has 0 saturated heterocycles. The van der Waals surface area contributed by atoms with Gasteiger partial charge in [0.2, 0.25) is 5.91 Å². The van der Waals surface area contributed by atoms with Crippen molar-refractivity contribution in [2.45, 2.75) is 12.6 Å². The average molecular weight is 341 g/mol. The largest absolute Gasteiger partial charge is 0.343 e. The normalized spacial score (nSPS) is 11.8. The van der Waals surface area contributed by atoms with Crippen LogP contribution in [0.25, 0.3) is 0 Å². The molecule has 1 amide bonds. The van der Waals surface area contributed by atoms with Crippen LogP contribution in [-0.2, 0) is 11.3 Å². The van der Waals surface area contributed by atoms with E-state index >= 15 is 0 Å². The number of nitrogens with zero attached hydrogens (tertiary/aromatic N) is 1. The lowest BCUT2D eigenvalue weighted by Crippen LogP contribution is -2.37. The summed E-state index contributed by atoms with van der Waals surface area (Å²) in [5.41, 5.74) is -0.135. The SMILES string of the molecule is O=C(Cn1ccc(=O)[nH]c1=O)NC(c1ccccc1)c1cccs1. The number of benzene rings is 1. The molecule has 0 fully saturated rings. The van der Waals surface area contributed by atoms with E-state index in [1.165, 1.54) is 12.3 Å². The Balaban J connectivity index is 1.81. The molecule has 0 bridgehead atoms. The highest BCUT2D eigenvalue weighted by Gasteiger charge is 2.18. The first kappa shape index (κ1) is 15.9. The summed E-state index contributed by atoms with van der Waals surface area (Å²) in [5, 5.41) is 4.89. The Bertz CT molecular complexity index is 929. The molecule has 3 aromatic rings. The molecule has 0 aliphatic carbocycles. The minimum absolute atomic E-state index is 0.162. The van der Waals surface area contributed by atoms with Gasteiger partial charge in [0.1, 0.15) is 6.54 Å². The van der Waals surface area contributed by atoms with Crippen LogP contribution in [0, 0.1) is 0 Å². The van der Waals surface area contributed by atoms with E-state index in [-0.39, 0.29) is 18.5 Å². The maximum atomic E-state index is 12.4. The van der Waals surface area contributed by atoms with Crippen LogP contribution in [-0.4, -0.2) is 15.5 Å². The van der Waals surface area contributed by atoms with Gasteiger partial charge in [0.25, 0.3) is 5.56 Å². The quantitative estimate of drug-likeness (QED) is 0.738. The molecule has 0 aliphatic heterocycles. The molecule has 122 valence electrons. The number of carbonyl (C=O) groups is 1. The molecule has 1 aromatic carbocycles. The molecule has 0 radical (unpaired) electrons. The zero-order valence-electron chi connectivity index (χ0n) is 12.6. The summed E-state index contributed by atoms with van der Waals surface area (Å²) in [6.07, 6.45) is 1.31. The predicted molar refractivity (Wildman–Crippen MR) is 92.1 cm³/mol. The summed E-state index contributed by atoms with van der Waals surface area (Å²) in [6, 6.07) is 14.4. The van der Waals surface area contributed by atoms with Crippen molar-refractivity contribution in [3.8, 4) is 0 Å². The molecular formula is C17H15N3O3S. The van der Waals surface area contributed by atoms with E-state index in [1.54, 1.807) is 11.3 Å². The smallest absolute Gasteiger partial charge is 0.328 e.